The van der Waals surface area contributed by atoms with Gasteiger partial charge in [0, 0.05) is 19.6 Å². The van der Waals surface area contributed by atoms with Gasteiger partial charge in [-0.15, -0.1) is 0 Å². The zero-order chi connectivity index (χ0) is 12.1. The lowest BCUT2D eigenvalue weighted by molar-refractivity contribution is -0.131. The summed E-state index contributed by atoms with van der Waals surface area (Å²) in [5.74, 6) is 1.01. The van der Waals surface area contributed by atoms with Crippen LogP contribution in [-0.4, -0.2) is 36.5 Å². The second-order valence-corrected chi connectivity index (χ2v) is 5.21. The molecule has 0 aromatic carbocycles. The molecule has 3 nitrogen and oxygen atoms in total. The van der Waals surface area contributed by atoms with E-state index in [0.29, 0.717) is 6.04 Å². The summed E-state index contributed by atoms with van der Waals surface area (Å²) in [5, 5.41) is 3.47. The van der Waals surface area contributed by atoms with Crippen molar-refractivity contribution in [1.29, 1.82) is 0 Å². The topological polar surface area (TPSA) is 32.3 Å². The van der Waals surface area contributed by atoms with Gasteiger partial charge in [-0.1, -0.05) is 19.8 Å². The van der Waals surface area contributed by atoms with Crippen LogP contribution in [0.5, 0.6) is 0 Å². The first-order valence-electron chi connectivity index (χ1n) is 6.55. The zero-order valence-electron chi connectivity index (χ0n) is 11.1. The Hall–Kier alpha value is -0.570. The molecule has 3 heteroatoms. The number of hydrogen-bond acceptors (Lipinski definition) is 2. The van der Waals surface area contributed by atoms with E-state index in [1.807, 2.05) is 20.9 Å². The van der Waals surface area contributed by atoms with Gasteiger partial charge in [0.2, 0.25) is 5.91 Å². The Balaban J connectivity index is 2.38. The van der Waals surface area contributed by atoms with Gasteiger partial charge in [-0.3, -0.25) is 4.79 Å². The Morgan fingerprint density at radius 1 is 1.50 bits per heavy atom. The second-order valence-electron chi connectivity index (χ2n) is 5.21. The maximum absolute atomic E-state index is 11.9. The van der Waals surface area contributed by atoms with E-state index in [4.69, 9.17) is 0 Å². The van der Waals surface area contributed by atoms with E-state index in [9.17, 15) is 4.79 Å². The molecule has 1 saturated carbocycles. The maximum Gasteiger partial charge on any atom is 0.239 e. The smallest absolute Gasteiger partial charge is 0.239 e. The Bertz CT molecular complexity index is 230. The summed E-state index contributed by atoms with van der Waals surface area (Å²) < 4.78 is 0. The number of carbonyl (C=O) groups is 1. The molecule has 0 aromatic heterocycles. The van der Waals surface area contributed by atoms with Gasteiger partial charge in [-0.05, 0) is 32.6 Å². The fourth-order valence-corrected chi connectivity index (χ4v) is 2.50. The van der Waals surface area contributed by atoms with Crippen LogP contribution in [0.4, 0.5) is 0 Å². The van der Waals surface area contributed by atoms with Crippen molar-refractivity contribution in [2.75, 3.05) is 13.6 Å². The van der Waals surface area contributed by atoms with E-state index in [1.54, 1.807) is 4.90 Å². The molecular formula is C13H26N2O. The summed E-state index contributed by atoms with van der Waals surface area (Å²) in [6, 6.07) is 0.494. The highest BCUT2D eigenvalue weighted by molar-refractivity contribution is 5.81. The van der Waals surface area contributed by atoms with Gasteiger partial charge < -0.3 is 10.2 Å². The van der Waals surface area contributed by atoms with Gasteiger partial charge in [0.1, 0.15) is 0 Å². The Kier molecular flexibility index (Phi) is 5.26. The molecule has 3 unspecified atom stereocenters. The van der Waals surface area contributed by atoms with Crippen LogP contribution in [0, 0.1) is 5.92 Å². The third-order valence-corrected chi connectivity index (χ3v) is 3.64. The summed E-state index contributed by atoms with van der Waals surface area (Å²) in [6.45, 7) is 7.07. The van der Waals surface area contributed by atoms with Crippen molar-refractivity contribution in [3.63, 3.8) is 0 Å². The molecule has 0 saturated heterocycles. The van der Waals surface area contributed by atoms with Crippen molar-refractivity contribution in [2.24, 2.45) is 5.92 Å². The average molecular weight is 226 g/mol. The van der Waals surface area contributed by atoms with E-state index in [0.717, 1.165) is 12.5 Å². The quantitative estimate of drug-likeness (QED) is 0.795. The minimum Gasteiger partial charge on any atom is -0.345 e. The summed E-state index contributed by atoms with van der Waals surface area (Å²) in [5.41, 5.74) is 0. The fourth-order valence-electron chi connectivity index (χ4n) is 2.50. The van der Waals surface area contributed by atoms with E-state index < -0.39 is 0 Å². The first kappa shape index (κ1) is 13.5. The first-order chi connectivity index (χ1) is 7.54. The van der Waals surface area contributed by atoms with Gasteiger partial charge in [-0.25, -0.2) is 0 Å². The van der Waals surface area contributed by atoms with E-state index in [1.165, 1.54) is 25.7 Å². The van der Waals surface area contributed by atoms with Crippen molar-refractivity contribution in [2.45, 2.75) is 58.5 Å². The maximum atomic E-state index is 11.9. The second kappa shape index (κ2) is 6.24. The van der Waals surface area contributed by atoms with E-state index in [-0.39, 0.29) is 11.9 Å². The van der Waals surface area contributed by atoms with Crippen molar-refractivity contribution < 1.29 is 4.79 Å². The molecule has 16 heavy (non-hydrogen) atoms. The van der Waals surface area contributed by atoms with Crippen LogP contribution in [0.2, 0.25) is 0 Å². The highest BCUT2D eigenvalue weighted by Crippen LogP contribution is 2.23. The Morgan fingerprint density at radius 2 is 2.19 bits per heavy atom. The normalized spacial score (nSPS) is 27.5. The summed E-state index contributed by atoms with van der Waals surface area (Å²) in [6.07, 6.45) is 5.07. The van der Waals surface area contributed by atoms with Crippen molar-refractivity contribution >= 4 is 5.91 Å². The minimum atomic E-state index is -0.0414. The van der Waals surface area contributed by atoms with Crippen LogP contribution in [0.15, 0.2) is 0 Å². The number of nitrogens with zero attached hydrogens (tertiary/aromatic N) is 1. The lowest BCUT2D eigenvalue weighted by Gasteiger charge is -2.31. The SMILES string of the molecule is CCN(C)C(=O)C(C)NC1CCCC(C)C1. The summed E-state index contributed by atoms with van der Waals surface area (Å²) >= 11 is 0. The predicted octanol–water partition coefficient (Wildman–Crippen LogP) is 2.02. The molecule has 94 valence electrons. The third kappa shape index (κ3) is 3.78. The number of amides is 1. The molecule has 1 aliphatic carbocycles. The number of rotatable bonds is 4. The van der Waals surface area contributed by atoms with Crippen LogP contribution in [-0.2, 0) is 4.79 Å². The van der Waals surface area contributed by atoms with Crippen molar-refractivity contribution in [3.8, 4) is 0 Å². The van der Waals surface area contributed by atoms with Crippen LogP contribution < -0.4 is 5.32 Å². The van der Waals surface area contributed by atoms with Crippen molar-refractivity contribution in [1.82, 2.24) is 10.2 Å². The predicted molar refractivity (Wildman–Crippen MR) is 67.3 cm³/mol. The standard InChI is InChI=1S/C13H26N2O/c1-5-15(4)13(16)11(3)14-12-8-6-7-10(2)9-12/h10-12,14H,5-9H2,1-4H3. The highest BCUT2D eigenvalue weighted by atomic mass is 16.2. The van der Waals surface area contributed by atoms with Crippen LogP contribution in [0.1, 0.15) is 46.5 Å². The third-order valence-electron chi connectivity index (χ3n) is 3.64. The first-order valence-corrected chi connectivity index (χ1v) is 6.55. The fraction of sp³-hybridized carbons (Fsp3) is 0.923. The molecule has 0 bridgehead atoms. The number of likely N-dealkylation sites (N-methyl/N-ethyl adjacent to an activating group) is 1. The summed E-state index contributed by atoms with van der Waals surface area (Å²) in [4.78, 5) is 13.7. The van der Waals surface area contributed by atoms with Crippen LogP contribution >= 0.6 is 0 Å². The highest BCUT2D eigenvalue weighted by Gasteiger charge is 2.23. The molecule has 0 heterocycles. The molecule has 3 atom stereocenters. The van der Waals surface area contributed by atoms with Crippen LogP contribution in [0.3, 0.4) is 0 Å². The molecule has 1 aliphatic rings. The van der Waals surface area contributed by atoms with Gasteiger partial charge in [-0.2, -0.15) is 0 Å². The van der Waals surface area contributed by atoms with Gasteiger partial charge in [0.25, 0.3) is 0 Å². The van der Waals surface area contributed by atoms with Gasteiger partial charge in [0.15, 0.2) is 0 Å². The van der Waals surface area contributed by atoms with E-state index in [2.05, 4.69) is 12.2 Å². The van der Waals surface area contributed by atoms with Crippen LogP contribution in [0.25, 0.3) is 0 Å². The van der Waals surface area contributed by atoms with E-state index >= 15 is 0 Å². The molecule has 0 spiro atoms. The molecule has 1 N–H and O–H groups in total. The number of nitrogens with one attached hydrogen (secondary N) is 1. The monoisotopic (exact) mass is 226 g/mol. The Labute approximate surface area is 99.6 Å². The molecule has 0 aliphatic heterocycles. The zero-order valence-corrected chi connectivity index (χ0v) is 11.1. The molecule has 1 amide bonds. The molecule has 1 fully saturated rings. The molecule has 0 radical (unpaired) electrons. The molecule has 1 rings (SSSR count). The minimum absolute atomic E-state index is 0.0414. The largest absolute Gasteiger partial charge is 0.345 e. The van der Waals surface area contributed by atoms with Gasteiger partial charge in [0.05, 0.1) is 6.04 Å². The lowest BCUT2D eigenvalue weighted by atomic mass is 9.87. The van der Waals surface area contributed by atoms with Gasteiger partial charge >= 0.3 is 0 Å². The summed E-state index contributed by atoms with van der Waals surface area (Å²) in [7, 11) is 1.87. The number of hydrogen-bond donors (Lipinski definition) is 1. The van der Waals surface area contributed by atoms with Crippen molar-refractivity contribution in [3.05, 3.63) is 0 Å². The average Bonchev–Trinajstić information content (AvgIpc) is 2.27. The number of carbonyl (C=O) groups excluding carboxylic acids is 1. The Morgan fingerprint density at radius 3 is 2.75 bits per heavy atom. The lowest BCUT2D eigenvalue weighted by Crippen LogP contribution is -2.48. The molecule has 0 aromatic rings. The molecular weight excluding hydrogens is 200 g/mol.